The van der Waals surface area contributed by atoms with Gasteiger partial charge in [0.1, 0.15) is 23.9 Å². The Morgan fingerprint density at radius 3 is 2.56 bits per heavy atom. The Morgan fingerprint density at radius 1 is 0.949 bits per heavy atom. The van der Waals surface area contributed by atoms with E-state index in [1.54, 1.807) is 36.1 Å². The Labute approximate surface area is 476 Å². The first-order chi connectivity index (χ1) is 37.6. The summed E-state index contributed by atoms with van der Waals surface area (Å²) in [5.74, 6) is 0.601. The molecule has 3 spiro atoms. The van der Waals surface area contributed by atoms with E-state index in [0.717, 1.165) is 102 Å². The van der Waals surface area contributed by atoms with E-state index in [9.17, 15) is 40.5 Å². The minimum absolute atomic E-state index is 0.00515. The van der Waals surface area contributed by atoms with Crippen LogP contribution in [0.1, 0.15) is 129 Å². The summed E-state index contributed by atoms with van der Waals surface area (Å²) >= 11 is 0. The Morgan fingerprint density at radius 2 is 1.77 bits per heavy atom. The lowest BCUT2D eigenvalue weighted by molar-refractivity contribution is -0.424. The van der Waals surface area contributed by atoms with E-state index in [-0.39, 0.29) is 85.4 Å². The largest absolute Gasteiger partial charge is 0.485 e. The lowest BCUT2D eigenvalue weighted by Crippen LogP contribution is -2.86. The second-order valence-electron chi connectivity index (χ2n) is 25.4. The number of hydrogen-bond acceptors (Lipinski definition) is 19. The molecule has 0 radical (unpaired) electrons. The van der Waals surface area contributed by atoms with Crippen molar-refractivity contribution in [2.75, 3.05) is 57.2 Å². The van der Waals surface area contributed by atoms with Crippen molar-refractivity contribution in [1.29, 1.82) is 0 Å². The van der Waals surface area contributed by atoms with Crippen molar-refractivity contribution in [2.24, 2.45) is 52.8 Å². The first-order valence-corrected chi connectivity index (χ1v) is 34.5. The number of carbonyl (C=O) groups is 1. The van der Waals surface area contributed by atoms with Crippen LogP contribution in [0.4, 0.5) is 0 Å². The van der Waals surface area contributed by atoms with Crippen LogP contribution in [0, 0.1) is 52.8 Å². The Bertz CT molecular complexity index is 2450. The molecule has 11 rings (SSSR count). The molecule has 8 bridgehead atoms. The molecule has 15 nitrogen and oxygen atoms in total. The number of hydrogen-bond donors (Lipinski definition) is 9. The average Bonchev–Trinajstić information content (AvgIpc) is 2.65. The number of aliphatic hydroxyl groups excluding tert-OH is 4. The van der Waals surface area contributed by atoms with Crippen LogP contribution in [0.5, 0.6) is 11.5 Å². The van der Waals surface area contributed by atoms with Crippen LogP contribution < -0.4 is 20.1 Å². The highest BCUT2D eigenvalue weighted by molar-refractivity contribution is 8.77. The van der Waals surface area contributed by atoms with Crippen LogP contribution in [0.25, 0.3) is 11.0 Å². The zero-order chi connectivity index (χ0) is 54.7. The Hall–Kier alpha value is -1.43. The van der Waals surface area contributed by atoms with Crippen LogP contribution >= 0.6 is 43.2 Å². The maximum absolute atomic E-state index is 14.0. The fourth-order valence-corrected chi connectivity index (χ4v) is 24.7. The number of allylic oxidation sites excluding steroid dienone is 1. The molecule has 9 aliphatic rings. The number of benzene rings is 1. The van der Waals surface area contributed by atoms with Gasteiger partial charge in [0.15, 0.2) is 16.9 Å². The number of nitrogens with one attached hydrogen (secondary N) is 2. The lowest BCUT2D eigenvalue weighted by atomic mass is 9.50. The molecule has 0 amide bonds. The third kappa shape index (κ3) is 10.1. The van der Waals surface area contributed by atoms with Gasteiger partial charge in [0.05, 0.1) is 30.7 Å². The summed E-state index contributed by atoms with van der Waals surface area (Å²) in [7, 11) is 9.51. The molecule has 9 N–H and O–H groups in total. The van der Waals surface area contributed by atoms with Crippen molar-refractivity contribution in [3.8, 4) is 11.5 Å². The van der Waals surface area contributed by atoms with Crippen molar-refractivity contribution < 1.29 is 63.9 Å². The summed E-state index contributed by atoms with van der Waals surface area (Å²) in [6.45, 7) is 5.36. The molecule has 5 aliphatic carbocycles. The van der Waals surface area contributed by atoms with Gasteiger partial charge < -0.3 is 69.7 Å². The second kappa shape index (κ2) is 23.6. The van der Waals surface area contributed by atoms with Crippen LogP contribution in [0.15, 0.2) is 35.0 Å². The van der Waals surface area contributed by atoms with Crippen molar-refractivity contribution >= 4 is 60.1 Å². The number of furan rings is 1. The third-order valence-corrected chi connectivity index (χ3v) is 27.4. The van der Waals surface area contributed by atoms with E-state index in [2.05, 4.69) is 24.6 Å². The monoisotopic (exact) mass is 1160 g/mol. The predicted octanol–water partition coefficient (Wildman–Crippen LogP) is 7.57. The van der Waals surface area contributed by atoms with Crippen molar-refractivity contribution in [3.63, 3.8) is 0 Å². The minimum atomic E-state index is -2.50. The number of rotatable bonds is 10. The quantitative estimate of drug-likeness (QED) is 0.0634. The molecule has 1 aromatic carbocycles. The fraction of sp³-hybridized carbons (Fsp3) is 0.814. The number of ether oxygens (including phenoxy) is 4. The van der Waals surface area contributed by atoms with E-state index in [0.29, 0.717) is 41.3 Å². The first-order valence-electron chi connectivity index (χ1n) is 29.7. The molecule has 5 heterocycles. The fourth-order valence-electron chi connectivity index (χ4n) is 17.4. The molecular formula is C59H88N2O13S4. The Kier molecular flexibility index (Phi) is 17.6. The number of fused-ring (bicyclic) bond motifs is 16. The van der Waals surface area contributed by atoms with Gasteiger partial charge in [0.2, 0.25) is 12.0 Å². The van der Waals surface area contributed by atoms with Crippen LogP contribution in [0.2, 0.25) is 0 Å². The molecular weight excluding hydrogens is 1070 g/mol. The lowest BCUT2D eigenvalue weighted by Gasteiger charge is -2.67. The summed E-state index contributed by atoms with van der Waals surface area (Å²) in [5.41, 5.74) is -6.60. The smallest absolute Gasteiger partial charge is 0.306 e. The van der Waals surface area contributed by atoms with Crippen LogP contribution in [-0.4, -0.2) is 157 Å². The summed E-state index contributed by atoms with van der Waals surface area (Å²) in [4.78, 5) is 13.1. The molecule has 4 aliphatic heterocycles. The molecule has 19 heteroatoms. The highest BCUT2D eigenvalue weighted by atomic mass is 33.1. The SMILES string of the molecule is CCOC(=O)CCc1cc2ccoc2c2c1O[C@@H]1O[C@@]3(CSS[C@@]45C[C@@H](CSSC[C@@H](CC[C@@H]3O)[C@H](C)CC[C@@H]4NCCO2)[C@]2(CC[C@@H](CNC)C2)[C@H]5CCC2(O)CCCCC2)[C@]2(O)C[C@@H]3C=C[C@H](O)[C@@H](CO)[C@@H]3[C@@]1(O)[C@H]2O. The first kappa shape index (κ1) is 58.3. The van der Waals surface area contributed by atoms with Gasteiger partial charge in [-0.25, -0.2) is 0 Å². The maximum atomic E-state index is 14.0. The van der Waals surface area contributed by atoms with E-state index < -0.39 is 82.1 Å². The predicted molar refractivity (Wildman–Crippen MR) is 307 cm³/mol. The highest BCUT2D eigenvalue weighted by Crippen LogP contribution is 2.72. The molecule has 18 atom stereocenters. The van der Waals surface area contributed by atoms with E-state index in [4.69, 9.17) is 23.4 Å². The van der Waals surface area contributed by atoms with E-state index in [1.165, 1.54) is 0 Å². The van der Waals surface area contributed by atoms with Gasteiger partial charge in [0.25, 0.3) is 0 Å². The summed E-state index contributed by atoms with van der Waals surface area (Å²) in [6.07, 6.45) is 12.0. The number of aryl methyl sites for hydroxylation is 1. The van der Waals surface area contributed by atoms with Gasteiger partial charge in [0, 0.05) is 64.8 Å². The van der Waals surface area contributed by atoms with E-state index in [1.807, 2.05) is 44.5 Å². The average molecular weight is 1160 g/mol. The van der Waals surface area contributed by atoms with E-state index >= 15 is 0 Å². The number of aliphatic hydroxyl groups is 7. The third-order valence-electron chi connectivity index (χ3n) is 21.4. The van der Waals surface area contributed by atoms with Gasteiger partial charge in [-0.1, -0.05) is 81.5 Å². The highest BCUT2D eigenvalue weighted by Gasteiger charge is 2.78. The van der Waals surface area contributed by atoms with Crippen molar-refractivity contribution in [1.82, 2.24) is 10.6 Å². The molecule has 0 unspecified atom stereocenters. The summed E-state index contributed by atoms with van der Waals surface area (Å²) in [6, 6.07) is 3.65. The van der Waals surface area contributed by atoms with Gasteiger partial charge in [-0.05, 0) is 169 Å². The van der Waals surface area contributed by atoms with Gasteiger partial charge in [-0.3, -0.25) is 4.79 Å². The standard InChI is InChI=1S/C59H88N2O13S4/c1-4-70-47(65)15-11-37-26-38-18-24-71-49(38)51-50(37)73-53-59(69)48-39(9-12-43(63)42(48)31-62)28-57(68,52(59)66)58(74-53)34-77-78-56-29-41(33-76-75-32-40(10-14-46(58)64)35(2)8-13-45(56)61-23-25-72-51)55(22-16-36(27-55)30-60-3)44(56)17-21-54(67)19-6-5-7-20-54/h9,12,18,24,26,35-36,39-46,48,52-53,60-64,66-69H,4-8,10-11,13-17,19-23,25,27-34H2,1-3H3/t35-,36-,39+,40-,41+,42-,43+,44-,45+,46+,48-,52+,53-,55-,56-,57+,58-,59-/m1/s1. The molecule has 2 aromatic rings. The normalized spacial score (nSPS) is 43.6. The zero-order valence-electron chi connectivity index (χ0n) is 46.0. The maximum Gasteiger partial charge on any atom is 0.306 e. The Balaban J connectivity index is 1.12. The van der Waals surface area contributed by atoms with Crippen LogP contribution in [-0.2, 0) is 20.7 Å². The van der Waals surface area contributed by atoms with Gasteiger partial charge >= 0.3 is 5.97 Å². The van der Waals surface area contributed by atoms with Crippen LogP contribution in [0.3, 0.4) is 0 Å². The number of carbonyl (C=O) groups excluding carboxylic acids is 1. The van der Waals surface area contributed by atoms with Crippen molar-refractivity contribution in [3.05, 3.63) is 36.1 Å². The molecule has 1 aromatic heterocycles. The molecule has 7 fully saturated rings. The summed E-state index contributed by atoms with van der Waals surface area (Å²) < 4.78 is 32.9. The molecule has 3 saturated heterocycles. The molecule has 4 saturated carbocycles. The number of esters is 1. The van der Waals surface area contributed by atoms with Crippen molar-refractivity contribution in [2.45, 2.75) is 187 Å². The molecule has 78 heavy (non-hydrogen) atoms. The van der Waals surface area contributed by atoms with Gasteiger partial charge in [-0.15, -0.1) is 0 Å². The zero-order valence-corrected chi connectivity index (χ0v) is 49.3. The second-order valence-corrected chi connectivity index (χ2v) is 30.6. The van der Waals surface area contributed by atoms with Gasteiger partial charge in [-0.2, -0.15) is 0 Å². The molecule has 436 valence electrons. The topological polar surface area (TPSA) is 233 Å². The summed E-state index contributed by atoms with van der Waals surface area (Å²) in [5, 5.41) is 98.2. The minimum Gasteiger partial charge on any atom is -0.485 e.